The first-order chi connectivity index (χ1) is 12.1. The van der Waals surface area contributed by atoms with Gasteiger partial charge >= 0.3 is 0 Å². The highest BCUT2D eigenvalue weighted by Crippen LogP contribution is 2.31. The molecule has 2 aliphatic heterocycles. The molecular weight excluding hydrogens is 314 g/mol. The zero-order valence-electron chi connectivity index (χ0n) is 14.7. The van der Waals surface area contributed by atoms with Gasteiger partial charge in [-0.25, -0.2) is 0 Å². The van der Waals surface area contributed by atoms with Gasteiger partial charge in [0.05, 0.1) is 6.04 Å². The Hall–Kier alpha value is -2.56. The lowest BCUT2D eigenvalue weighted by Gasteiger charge is -2.35. The van der Waals surface area contributed by atoms with Crippen LogP contribution in [-0.4, -0.2) is 34.4 Å². The predicted molar refractivity (Wildman–Crippen MR) is 96.7 cm³/mol. The summed E-state index contributed by atoms with van der Waals surface area (Å²) < 4.78 is 2.21. The van der Waals surface area contributed by atoms with Crippen LogP contribution in [-0.2, 0) is 17.8 Å². The Balaban J connectivity index is 1.59. The Bertz CT molecular complexity index is 839. The van der Waals surface area contributed by atoms with Gasteiger partial charge in [0.1, 0.15) is 0 Å². The van der Waals surface area contributed by atoms with Crippen molar-refractivity contribution in [1.82, 2.24) is 9.47 Å². The van der Waals surface area contributed by atoms with Crippen LogP contribution in [0.1, 0.15) is 47.9 Å². The topological polar surface area (TPSA) is 45.6 Å². The van der Waals surface area contributed by atoms with Crippen molar-refractivity contribution in [3.8, 4) is 0 Å². The first-order valence-corrected chi connectivity index (χ1v) is 8.99. The van der Waals surface area contributed by atoms with Crippen molar-refractivity contribution in [3.05, 3.63) is 53.3 Å². The van der Waals surface area contributed by atoms with Crippen LogP contribution in [0.15, 0.2) is 36.5 Å². The molecule has 2 amide bonds. The molecule has 5 nitrogen and oxygen atoms in total. The maximum atomic E-state index is 13.0. The molecule has 0 radical (unpaired) electrons. The van der Waals surface area contributed by atoms with Gasteiger partial charge in [0, 0.05) is 49.2 Å². The fourth-order valence-corrected chi connectivity index (χ4v) is 4.01. The van der Waals surface area contributed by atoms with Crippen LogP contribution in [0.5, 0.6) is 0 Å². The second kappa shape index (κ2) is 6.06. The molecule has 5 heteroatoms. The molecule has 0 spiro atoms. The lowest BCUT2D eigenvalue weighted by atomic mass is 10.0. The van der Waals surface area contributed by atoms with Crippen molar-refractivity contribution >= 4 is 17.5 Å². The van der Waals surface area contributed by atoms with Crippen molar-refractivity contribution in [3.63, 3.8) is 0 Å². The molecule has 2 aromatic rings. The summed E-state index contributed by atoms with van der Waals surface area (Å²) in [7, 11) is 0. The molecule has 1 atom stereocenters. The number of carbonyl (C=O) groups is 2. The quantitative estimate of drug-likeness (QED) is 0.846. The van der Waals surface area contributed by atoms with E-state index in [0.717, 1.165) is 36.3 Å². The molecule has 1 aromatic heterocycles. The number of benzene rings is 1. The van der Waals surface area contributed by atoms with Gasteiger partial charge in [-0.05, 0) is 49.2 Å². The average Bonchev–Trinajstić information content (AvgIpc) is 3.27. The minimum Gasteiger partial charge on any atom is -0.348 e. The van der Waals surface area contributed by atoms with E-state index in [4.69, 9.17) is 0 Å². The van der Waals surface area contributed by atoms with Gasteiger partial charge in [0.15, 0.2) is 0 Å². The number of hydrogen-bond donors (Lipinski definition) is 0. The van der Waals surface area contributed by atoms with E-state index >= 15 is 0 Å². The number of hydrogen-bond acceptors (Lipinski definition) is 2. The lowest BCUT2D eigenvalue weighted by Crippen LogP contribution is -2.40. The molecule has 0 saturated carbocycles. The minimum atomic E-state index is 0.0719. The fourth-order valence-electron chi connectivity index (χ4n) is 4.01. The molecule has 4 rings (SSSR count). The summed E-state index contributed by atoms with van der Waals surface area (Å²) in [6, 6.07) is 9.96. The monoisotopic (exact) mass is 337 g/mol. The predicted octanol–water partition coefficient (Wildman–Crippen LogP) is 3.00. The van der Waals surface area contributed by atoms with Crippen LogP contribution >= 0.6 is 0 Å². The maximum absolute atomic E-state index is 13.0. The molecule has 0 bridgehead atoms. The Morgan fingerprint density at radius 2 is 2.00 bits per heavy atom. The molecule has 0 fully saturated rings. The Morgan fingerprint density at radius 3 is 2.80 bits per heavy atom. The van der Waals surface area contributed by atoms with E-state index in [0.29, 0.717) is 13.0 Å². The van der Waals surface area contributed by atoms with Gasteiger partial charge in [0.2, 0.25) is 5.91 Å². The number of carbonyl (C=O) groups excluding carboxylic acids is 2. The number of anilines is 1. The summed E-state index contributed by atoms with van der Waals surface area (Å²) in [6.45, 7) is 6.23. The Kier molecular flexibility index (Phi) is 3.86. The molecule has 130 valence electrons. The molecule has 3 heterocycles. The molecular formula is C20H23N3O2. The van der Waals surface area contributed by atoms with Gasteiger partial charge < -0.3 is 14.4 Å². The molecule has 1 unspecified atom stereocenters. The van der Waals surface area contributed by atoms with Gasteiger partial charge in [-0.2, -0.15) is 0 Å². The van der Waals surface area contributed by atoms with E-state index < -0.39 is 0 Å². The average molecular weight is 337 g/mol. The molecule has 0 N–H and O–H groups in total. The van der Waals surface area contributed by atoms with Gasteiger partial charge in [-0.3, -0.25) is 9.59 Å². The lowest BCUT2D eigenvalue weighted by molar-refractivity contribution is -0.118. The first kappa shape index (κ1) is 15.9. The first-order valence-electron chi connectivity index (χ1n) is 8.99. The van der Waals surface area contributed by atoms with Crippen LogP contribution < -0.4 is 4.90 Å². The number of aromatic nitrogens is 1. The summed E-state index contributed by atoms with van der Waals surface area (Å²) in [5.74, 6) is 0.214. The number of rotatable bonds is 2. The van der Waals surface area contributed by atoms with E-state index in [1.54, 1.807) is 0 Å². The van der Waals surface area contributed by atoms with E-state index in [9.17, 15) is 9.59 Å². The molecule has 2 aliphatic rings. The third-order valence-corrected chi connectivity index (χ3v) is 5.43. The number of nitrogens with zero attached hydrogens (tertiary/aromatic N) is 3. The van der Waals surface area contributed by atoms with Crippen molar-refractivity contribution in [2.45, 2.75) is 39.3 Å². The maximum Gasteiger partial charge on any atom is 0.254 e. The van der Waals surface area contributed by atoms with Gasteiger partial charge in [0.25, 0.3) is 5.91 Å². The van der Waals surface area contributed by atoms with Crippen LogP contribution in [0.3, 0.4) is 0 Å². The van der Waals surface area contributed by atoms with E-state index in [1.165, 1.54) is 5.69 Å². The van der Waals surface area contributed by atoms with Crippen molar-refractivity contribution in [2.75, 3.05) is 18.0 Å². The van der Waals surface area contributed by atoms with Gasteiger partial charge in [-0.15, -0.1) is 0 Å². The second-order valence-corrected chi connectivity index (χ2v) is 6.79. The zero-order valence-corrected chi connectivity index (χ0v) is 14.7. The minimum absolute atomic E-state index is 0.0719. The summed E-state index contributed by atoms with van der Waals surface area (Å²) in [6.07, 6.45) is 3.40. The zero-order chi connectivity index (χ0) is 17.6. The van der Waals surface area contributed by atoms with Crippen molar-refractivity contribution in [1.29, 1.82) is 0 Å². The number of amides is 2. The van der Waals surface area contributed by atoms with Crippen LogP contribution in [0.25, 0.3) is 0 Å². The Labute approximate surface area is 147 Å². The van der Waals surface area contributed by atoms with E-state index in [2.05, 4.69) is 23.8 Å². The SMILES string of the molecule is CCC(=O)N1CCc2cc(C(=O)N3CCn4cccc4C3C)ccc21. The summed E-state index contributed by atoms with van der Waals surface area (Å²) in [5, 5.41) is 0. The summed E-state index contributed by atoms with van der Waals surface area (Å²) in [5.41, 5.74) is 3.96. The standard InChI is InChI=1S/C20H23N3O2/c1-3-19(24)23-10-8-15-13-16(6-7-18(15)23)20(25)22-12-11-21-9-4-5-17(21)14(22)2/h4-7,9,13-14H,3,8,10-12H2,1-2H3. The fraction of sp³-hybridized carbons (Fsp3) is 0.400. The van der Waals surface area contributed by atoms with E-state index in [-0.39, 0.29) is 17.9 Å². The third kappa shape index (κ3) is 2.54. The van der Waals surface area contributed by atoms with Crippen LogP contribution in [0, 0.1) is 0 Å². The van der Waals surface area contributed by atoms with Crippen LogP contribution in [0.4, 0.5) is 5.69 Å². The largest absolute Gasteiger partial charge is 0.348 e. The Morgan fingerprint density at radius 1 is 1.16 bits per heavy atom. The molecule has 25 heavy (non-hydrogen) atoms. The second-order valence-electron chi connectivity index (χ2n) is 6.79. The van der Waals surface area contributed by atoms with Crippen molar-refractivity contribution < 1.29 is 9.59 Å². The molecule has 0 saturated heterocycles. The van der Waals surface area contributed by atoms with Crippen molar-refractivity contribution in [2.24, 2.45) is 0 Å². The highest BCUT2D eigenvalue weighted by atomic mass is 16.2. The third-order valence-electron chi connectivity index (χ3n) is 5.43. The normalized spacial score (nSPS) is 18.9. The molecule has 1 aromatic carbocycles. The summed E-state index contributed by atoms with van der Waals surface area (Å²) in [4.78, 5) is 28.9. The summed E-state index contributed by atoms with van der Waals surface area (Å²) >= 11 is 0. The van der Waals surface area contributed by atoms with E-state index in [1.807, 2.05) is 41.0 Å². The number of fused-ring (bicyclic) bond motifs is 2. The highest BCUT2D eigenvalue weighted by molar-refractivity contribution is 5.98. The highest BCUT2D eigenvalue weighted by Gasteiger charge is 2.30. The smallest absolute Gasteiger partial charge is 0.254 e. The van der Waals surface area contributed by atoms with Crippen LogP contribution in [0.2, 0.25) is 0 Å². The van der Waals surface area contributed by atoms with Gasteiger partial charge in [-0.1, -0.05) is 6.92 Å². The molecule has 0 aliphatic carbocycles.